The smallest absolute Gasteiger partial charge is 0.244 e. The molecule has 1 N–H and O–H groups in total. The molecule has 0 atom stereocenters. The van der Waals surface area contributed by atoms with Crippen LogP contribution in [0.4, 0.5) is 10.1 Å². The van der Waals surface area contributed by atoms with Crippen molar-refractivity contribution in [3.8, 4) is 0 Å². The van der Waals surface area contributed by atoms with Crippen LogP contribution in [-0.2, 0) is 33.4 Å². The molecule has 0 aliphatic heterocycles. The van der Waals surface area contributed by atoms with E-state index in [1.807, 2.05) is 24.3 Å². The second-order valence-electron chi connectivity index (χ2n) is 8.38. The monoisotopic (exact) mass is 478 g/mol. The number of hydrogen-bond donors (Lipinski definition) is 1. The number of unbranched alkanes of at least 4 members (excludes halogenated alkanes) is 1. The van der Waals surface area contributed by atoms with Gasteiger partial charge in [0, 0.05) is 22.8 Å². The Labute approximate surface area is 199 Å². The molecule has 7 heteroatoms. The highest BCUT2D eigenvalue weighted by molar-refractivity contribution is 7.90. The second-order valence-corrected chi connectivity index (χ2v) is 10.3. The molecular formula is C27H27FN2O3S. The average molecular weight is 479 g/mol. The maximum absolute atomic E-state index is 13.6. The second kappa shape index (κ2) is 10.2. The minimum atomic E-state index is -3.76. The Balaban J connectivity index is 1.55. The summed E-state index contributed by atoms with van der Waals surface area (Å²) in [6.07, 6.45) is 4.75. The van der Waals surface area contributed by atoms with Gasteiger partial charge < -0.3 is 9.88 Å². The van der Waals surface area contributed by atoms with E-state index in [0.29, 0.717) is 22.2 Å². The summed E-state index contributed by atoms with van der Waals surface area (Å²) in [4.78, 5) is 12.9. The molecule has 0 bridgehead atoms. The lowest BCUT2D eigenvalue weighted by Gasteiger charge is -2.08. The molecule has 0 saturated heterocycles. The zero-order valence-electron chi connectivity index (χ0n) is 19.0. The molecule has 34 heavy (non-hydrogen) atoms. The summed E-state index contributed by atoms with van der Waals surface area (Å²) in [7, 11) is -3.76. The molecule has 0 aliphatic rings. The van der Waals surface area contributed by atoms with E-state index in [1.165, 1.54) is 30.0 Å². The van der Waals surface area contributed by atoms with Gasteiger partial charge in [0.1, 0.15) is 12.4 Å². The number of carbonyl (C=O) groups is 1. The summed E-state index contributed by atoms with van der Waals surface area (Å²) >= 11 is 0. The van der Waals surface area contributed by atoms with Crippen LogP contribution >= 0.6 is 0 Å². The number of rotatable bonds is 9. The molecule has 0 radical (unpaired) electrons. The third kappa shape index (κ3) is 5.54. The van der Waals surface area contributed by atoms with E-state index in [2.05, 4.69) is 12.2 Å². The van der Waals surface area contributed by atoms with Gasteiger partial charge in [0.05, 0.1) is 10.6 Å². The van der Waals surface area contributed by atoms with Gasteiger partial charge in [-0.25, -0.2) is 12.8 Å². The predicted molar refractivity (Wildman–Crippen MR) is 133 cm³/mol. The van der Waals surface area contributed by atoms with Crippen molar-refractivity contribution in [1.82, 2.24) is 4.57 Å². The van der Waals surface area contributed by atoms with Gasteiger partial charge in [-0.15, -0.1) is 0 Å². The number of hydrogen-bond acceptors (Lipinski definition) is 3. The fourth-order valence-corrected chi connectivity index (χ4v) is 5.58. The van der Waals surface area contributed by atoms with Gasteiger partial charge in [0.2, 0.25) is 5.91 Å². The van der Waals surface area contributed by atoms with E-state index >= 15 is 0 Å². The molecular weight excluding hydrogens is 451 g/mol. The number of nitrogens with zero attached hydrogens (tertiary/aromatic N) is 1. The van der Waals surface area contributed by atoms with Crippen LogP contribution in [0.25, 0.3) is 10.9 Å². The minimum absolute atomic E-state index is 0.0341. The normalized spacial score (nSPS) is 11.6. The van der Waals surface area contributed by atoms with Gasteiger partial charge in [-0.05, 0) is 54.3 Å². The van der Waals surface area contributed by atoms with Crippen molar-refractivity contribution in [2.75, 3.05) is 5.32 Å². The number of sulfone groups is 1. The van der Waals surface area contributed by atoms with Crippen molar-refractivity contribution in [2.45, 2.75) is 43.4 Å². The number of anilines is 1. The Kier molecular flexibility index (Phi) is 7.12. The number of aryl methyl sites for hydroxylation is 1. The van der Waals surface area contributed by atoms with Gasteiger partial charge >= 0.3 is 0 Å². The van der Waals surface area contributed by atoms with E-state index in [4.69, 9.17) is 0 Å². The Morgan fingerprint density at radius 1 is 0.971 bits per heavy atom. The van der Waals surface area contributed by atoms with Crippen molar-refractivity contribution in [1.29, 1.82) is 0 Å². The van der Waals surface area contributed by atoms with Crippen LogP contribution in [0.1, 0.15) is 30.9 Å². The molecule has 1 amide bonds. The Morgan fingerprint density at radius 3 is 2.47 bits per heavy atom. The number of fused-ring (bicyclic) bond motifs is 1. The van der Waals surface area contributed by atoms with E-state index in [-0.39, 0.29) is 23.1 Å². The van der Waals surface area contributed by atoms with Crippen molar-refractivity contribution in [2.24, 2.45) is 0 Å². The first-order valence-corrected chi connectivity index (χ1v) is 12.9. The molecule has 4 aromatic rings. The maximum Gasteiger partial charge on any atom is 0.244 e. The SMILES string of the molecule is CCCCc1ccc(NC(=O)Cn2cc(S(=O)(=O)Cc3cccc(F)c3)c3ccccc32)cc1. The third-order valence-corrected chi connectivity index (χ3v) is 7.41. The molecule has 0 unspecified atom stereocenters. The first kappa shape index (κ1) is 23.7. The van der Waals surface area contributed by atoms with E-state index in [9.17, 15) is 17.6 Å². The largest absolute Gasteiger partial charge is 0.337 e. The fraction of sp³-hybridized carbons (Fsp3) is 0.222. The molecule has 0 aliphatic carbocycles. The molecule has 1 aromatic heterocycles. The highest BCUT2D eigenvalue weighted by atomic mass is 32.2. The van der Waals surface area contributed by atoms with Crippen LogP contribution in [0.2, 0.25) is 0 Å². The summed E-state index contributed by atoms with van der Waals surface area (Å²) in [5.41, 5.74) is 2.94. The number of aromatic nitrogens is 1. The van der Waals surface area contributed by atoms with Gasteiger partial charge in [0.25, 0.3) is 0 Å². The van der Waals surface area contributed by atoms with Gasteiger partial charge in [0.15, 0.2) is 9.84 Å². The van der Waals surface area contributed by atoms with Crippen molar-refractivity contribution < 1.29 is 17.6 Å². The maximum atomic E-state index is 13.6. The van der Waals surface area contributed by atoms with Crippen LogP contribution in [0.3, 0.4) is 0 Å². The Morgan fingerprint density at radius 2 is 1.74 bits per heavy atom. The fourth-order valence-electron chi connectivity index (χ4n) is 4.01. The lowest BCUT2D eigenvalue weighted by Crippen LogP contribution is -2.18. The first-order valence-electron chi connectivity index (χ1n) is 11.3. The molecule has 4 rings (SSSR count). The Bertz CT molecular complexity index is 1410. The van der Waals surface area contributed by atoms with Crippen LogP contribution in [0, 0.1) is 5.82 Å². The average Bonchev–Trinajstić information content (AvgIpc) is 3.18. The number of halogens is 1. The summed E-state index contributed by atoms with van der Waals surface area (Å²) in [6, 6.07) is 20.4. The molecule has 176 valence electrons. The topological polar surface area (TPSA) is 68.2 Å². The summed E-state index contributed by atoms with van der Waals surface area (Å²) in [5.74, 6) is -1.06. The zero-order chi connectivity index (χ0) is 24.1. The zero-order valence-corrected chi connectivity index (χ0v) is 19.8. The summed E-state index contributed by atoms with van der Waals surface area (Å²) in [5, 5.41) is 3.42. The van der Waals surface area contributed by atoms with Crippen molar-refractivity contribution in [3.63, 3.8) is 0 Å². The summed E-state index contributed by atoms with van der Waals surface area (Å²) < 4.78 is 41.6. The van der Waals surface area contributed by atoms with Gasteiger partial charge in [-0.1, -0.05) is 55.8 Å². The molecule has 3 aromatic carbocycles. The summed E-state index contributed by atoms with van der Waals surface area (Å²) in [6.45, 7) is 2.12. The number of carbonyl (C=O) groups excluding carboxylic acids is 1. The van der Waals surface area contributed by atoms with Crippen LogP contribution < -0.4 is 5.32 Å². The minimum Gasteiger partial charge on any atom is -0.337 e. The van der Waals surface area contributed by atoms with Crippen LogP contribution in [0.5, 0.6) is 0 Å². The number of amides is 1. The van der Waals surface area contributed by atoms with Crippen LogP contribution in [-0.4, -0.2) is 18.9 Å². The molecule has 0 spiro atoms. The van der Waals surface area contributed by atoms with Crippen molar-refractivity contribution in [3.05, 3.63) is 95.9 Å². The van der Waals surface area contributed by atoms with Gasteiger partial charge in [-0.2, -0.15) is 0 Å². The lowest BCUT2D eigenvalue weighted by atomic mass is 10.1. The molecule has 0 fully saturated rings. The number of nitrogens with one attached hydrogen (secondary N) is 1. The quantitative estimate of drug-likeness (QED) is 0.334. The van der Waals surface area contributed by atoms with E-state index in [0.717, 1.165) is 19.3 Å². The number of benzene rings is 3. The van der Waals surface area contributed by atoms with Crippen molar-refractivity contribution >= 4 is 32.3 Å². The van der Waals surface area contributed by atoms with E-state index < -0.39 is 15.7 Å². The molecule has 0 saturated carbocycles. The van der Waals surface area contributed by atoms with Gasteiger partial charge in [-0.3, -0.25) is 4.79 Å². The standard InChI is InChI=1S/C27H27FN2O3S/c1-2-3-7-20-12-14-23(15-13-20)29-27(31)18-30-17-26(24-10-4-5-11-25(24)30)34(32,33)19-21-8-6-9-22(28)16-21/h4-6,8-17H,2-3,7,18-19H2,1H3,(H,29,31). The van der Waals surface area contributed by atoms with Crippen LogP contribution in [0.15, 0.2) is 83.9 Å². The highest BCUT2D eigenvalue weighted by Crippen LogP contribution is 2.28. The molecule has 1 heterocycles. The number of para-hydroxylation sites is 1. The third-order valence-electron chi connectivity index (χ3n) is 5.70. The lowest BCUT2D eigenvalue weighted by molar-refractivity contribution is -0.116. The Hall–Kier alpha value is -3.45. The van der Waals surface area contributed by atoms with E-state index in [1.54, 1.807) is 34.9 Å². The predicted octanol–water partition coefficient (Wildman–Crippen LogP) is 5.74. The first-order chi connectivity index (χ1) is 16.4. The molecule has 5 nitrogen and oxygen atoms in total. The highest BCUT2D eigenvalue weighted by Gasteiger charge is 2.22.